The van der Waals surface area contributed by atoms with Gasteiger partial charge in [0.1, 0.15) is 0 Å². The van der Waals surface area contributed by atoms with E-state index in [0.29, 0.717) is 5.56 Å². The summed E-state index contributed by atoms with van der Waals surface area (Å²) in [7, 11) is 0. The molecule has 1 heterocycles. The van der Waals surface area contributed by atoms with E-state index in [4.69, 9.17) is 0 Å². The maximum atomic E-state index is 11.4. The topological polar surface area (TPSA) is 29.1 Å². The summed E-state index contributed by atoms with van der Waals surface area (Å²) in [5, 5.41) is 3.33. The molecule has 0 radical (unpaired) electrons. The monoisotopic (exact) mass is 287 g/mol. The quantitative estimate of drug-likeness (QED) is 0.850. The second-order valence-corrected chi connectivity index (χ2v) is 5.17. The summed E-state index contributed by atoms with van der Waals surface area (Å²) in [6.45, 7) is 2.09. The summed E-state index contributed by atoms with van der Waals surface area (Å²) >= 11 is 0. The minimum absolute atomic E-state index is 0.680. The first-order chi connectivity index (χ1) is 10.8. The number of nitrogens with one attached hydrogen (secondary N) is 1. The van der Waals surface area contributed by atoms with E-state index in [2.05, 4.69) is 30.4 Å². The molecule has 0 unspecified atom stereocenters. The highest BCUT2D eigenvalue weighted by Gasteiger charge is 2.14. The molecule has 0 aromatic heterocycles. The zero-order valence-electron chi connectivity index (χ0n) is 12.4. The van der Waals surface area contributed by atoms with Crippen LogP contribution in [-0.2, 0) is 0 Å². The van der Waals surface area contributed by atoms with Gasteiger partial charge in [0.25, 0.3) is 0 Å². The number of hydrogen-bond donors (Lipinski definition) is 1. The summed E-state index contributed by atoms with van der Waals surface area (Å²) < 4.78 is 0. The summed E-state index contributed by atoms with van der Waals surface area (Å²) in [6, 6.07) is 15.9. The number of aldehydes is 1. The van der Waals surface area contributed by atoms with Gasteiger partial charge in [0.15, 0.2) is 6.29 Å². The standard InChI is InChI=1S/C20H17NO/c1-15-8-2-4-10-17(15)19-12-6-7-13-21-20(19)18-11-5-3-9-16(18)14-22/h2-14,21H,1H3. The van der Waals surface area contributed by atoms with E-state index < -0.39 is 0 Å². The lowest BCUT2D eigenvalue weighted by Gasteiger charge is -2.16. The van der Waals surface area contributed by atoms with Crippen molar-refractivity contribution >= 4 is 17.6 Å². The molecule has 0 saturated carbocycles. The van der Waals surface area contributed by atoms with E-state index in [-0.39, 0.29) is 0 Å². The van der Waals surface area contributed by atoms with Crippen LogP contribution >= 0.6 is 0 Å². The summed E-state index contributed by atoms with van der Waals surface area (Å²) in [4.78, 5) is 11.4. The first-order valence-corrected chi connectivity index (χ1v) is 7.26. The third-order valence-corrected chi connectivity index (χ3v) is 3.76. The zero-order valence-corrected chi connectivity index (χ0v) is 12.4. The fourth-order valence-electron chi connectivity index (χ4n) is 2.65. The predicted molar refractivity (Wildman–Crippen MR) is 91.2 cm³/mol. The third-order valence-electron chi connectivity index (χ3n) is 3.76. The van der Waals surface area contributed by atoms with Crippen molar-refractivity contribution in [1.29, 1.82) is 0 Å². The zero-order chi connectivity index (χ0) is 15.4. The minimum atomic E-state index is 0.680. The SMILES string of the molecule is Cc1ccccc1C1=C(c2ccccc2C=O)NC=CC=C1. The number of rotatable bonds is 3. The van der Waals surface area contributed by atoms with E-state index in [1.807, 2.05) is 54.8 Å². The fraction of sp³-hybridized carbons (Fsp3) is 0.0500. The van der Waals surface area contributed by atoms with E-state index in [1.54, 1.807) is 0 Å². The van der Waals surface area contributed by atoms with Crippen molar-refractivity contribution in [3.05, 3.63) is 95.2 Å². The van der Waals surface area contributed by atoms with Crippen LogP contribution in [0.25, 0.3) is 11.3 Å². The average molecular weight is 287 g/mol. The molecular weight excluding hydrogens is 270 g/mol. The summed E-state index contributed by atoms with van der Waals surface area (Å²) in [5.74, 6) is 0. The lowest BCUT2D eigenvalue weighted by atomic mass is 9.94. The van der Waals surface area contributed by atoms with Gasteiger partial charge >= 0.3 is 0 Å². The summed E-state index contributed by atoms with van der Waals surface area (Å²) in [6.07, 6.45) is 8.83. The molecule has 1 N–H and O–H groups in total. The molecule has 22 heavy (non-hydrogen) atoms. The van der Waals surface area contributed by atoms with Crippen LogP contribution in [-0.4, -0.2) is 6.29 Å². The lowest BCUT2D eigenvalue weighted by molar-refractivity contribution is 0.112. The maximum Gasteiger partial charge on any atom is 0.150 e. The highest BCUT2D eigenvalue weighted by molar-refractivity contribution is 5.99. The van der Waals surface area contributed by atoms with Crippen LogP contribution in [0.15, 0.2) is 73.0 Å². The Bertz CT molecular complexity index is 797. The highest BCUT2D eigenvalue weighted by Crippen LogP contribution is 2.30. The Balaban J connectivity index is 2.27. The number of benzene rings is 2. The molecule has 1 aliphatic heterocycles. The maximum absolute atomic E-state index is 11.4. The van der Waals surface area contributed by atoms with Crippen LogP contribution in [0.4, 0.5) is 0 Å². The molecule has 3 rings (SSSR count). The molecule has 0 aliphatic carbocycles. The Kier molecular flexibility index (Phi) is 4.01. The summed E-state index contributed by atoms with van der Waals surface area (Å²) in [5.41, 5.74) is 5.98. The molecule has 0 amide bonds. The second-order valence-electron chi connectivity index (χ2n) is 5.17. The highest BCUT2D eigenvalue weighted by atomic mass is 16.1. The average Bonchev–Trinajstić information content (AvgIpc) is 2.81. The van der Waals surface area contributed by atoms with Crippen molar-refractivity contribution < 1.29 is 4.79 Å². The third kappa shape index (κ3) is 2.63. The van der Waals surface area contributed by atoms with Crippen LogP contribution in [0, 0.1) is 6.92 Å². The van der Waals surface area contributed by atoms with Gasteiger partial charge in [0.05, 0.1) is 5.70 Å². The van der Waals surface area contributed by atoms with Crippen LogP contribution < -0.4 is 5.32 Å². The van der Waals surface area contributed by atoms with Gasteiger partial charge in [-0.3, -0.25) is 4.79 Å². The Morgan fingerprint density at radius 2 is 1.64 bits per heavy atom. The number of allylic oxidation sites excluding steroid dienone is 4. The number of carbonyl (C=O) groups is 1. The van der Waals surface area contributed by atoms with Gasteiger partial charge in [0, 0.05) is 22.9 Å². The van der Waals surface area contributed by atoms with Crippen LogP contribution in [0.1, 0.15) is 27.0 Å². The normalized spacial score (nSPS) is 13.7. The predicted octanol–water partition coefficient (Wildman–Crippen LogP) is 4.35. The molecular formula is C20H17NO. The van der Waals surface area contributed by atoms with E-state index >= 15 is 0 Å². The molecule has 0 saturated heterocycles. The van der Waals surface area contributed by atoms with E-state index in [9.17, 15) is 4.79 Å². The van der Waals surface area contributed by atoms with Crippen molar-refractivity contribution in [3.8, 4) is 0 Å². The Labute approximate surface area is 130 Å². The van der Waals surface area contributed by atoms with Gasteiger partial charge in [-0.05, 0) is 24.1 Å². The second kappa shape index (κ2) is 6.27. The molecule has 2 aromatic rings. The minimum Gasteiger partial charge on any atom is -0.361 e. The molecule has 2 heteroatoms. The first kappa shape index (κ1) is 14.1. The van der Waals surface area contributed by atoms with Gasteiger partial charge < -0.3 is 5.32 Å². The molecule has 108 valence electrons. The van der Waals surface area contributed by atoms with Gasteiger partial charge in [-0.1, -0.05) is 60.7 Å². The van der Waals surface area contributed by atoms with Crippen molar-refractivity contribution in [2.45, 2.75) is 6.92 Å². The van der Waals surface area contributed by atoms with Crippen molar-refractivity contribution in [3.63, 3.8) is 0 Å². The van der Waals surface area contributed by atoms with Crippen molar-refractivity contribution in [2.75, 3.05) is 0 Å². The lowest BCUT2D eigenvalue weighted by Crippen LogP contribution is -2.08. The fourth-order valence-corrected chi connectivity index (χ4v) is 2.65. The van der Waals surface area contributed by atoms with Crippen molar-refractivity contribution in [2.24, 2.45) is 0 Å². The smallest absolute Gasteiger partial charge is 0.150 e. The van der Waals surface area contributed by atoms with Gasteiger partial charge in [-0.15, -0.1) is 0 Å². The molecule has 1 aliphatic rings. The number of hydrogen-bond acceptors (Lipinski definition) is 2. The van der Waals surface area contributed by atoms with E-state index in [1.165, 1.54) is 5.56 Å². The molecule has 0 fully saturated rings. The van der Waals surface area contributed by atoms with Crippen LogP contribution in [0.5, 0.6) is 0 Å². The van der Waals surface area contributed by atoms with Crippen LogP contribution in [0.2, 0.25) is 0 Å². The van der Waals surface area contributed by atoms with E-state index in [0.717, 1.165) is 28.7 Å². The molecule has 0 atom stereocenters. The van der Waals surface area contributed by atoms with Gasteiger partial charge in [0.2, 0.25) is 0 Å². The number of aryl methyl sites for hydroxylation is 1. The van der Waals surface area contributed by atoms with Gasteiger partial charge in [-0.25, -0.2) is 0 Å². The number of carbonyl (C=O) groups excluding carboxylic acids is 1. The Hall–Kier alpha value is -2.87. The van der Waals surface area contributed by atoms with Gasteiger partial charge in [-0.2, -0.15) is 0 Å². The largest absolute Gasteiger partial charge is 0.361 e. The van der Waals surface area contributed by atoms with Crippen LogP contribution in [0.3, 0.4) is 0 Å². The molecule has 2 aromatic carbocycles. The van der Waals surface area contributed by atoms with Crippen molar-refractivity contribution in [1.82, 2.24) is 5.32 Å². The Morgan fingerprint density at radius 1 is 0.909 bits per heavy atom. The molecule has 0 spiro atoms. The first-order valence-electron chi connectivity index (χ1n) is 7.26. The Morgan fingerprint density at radius 3 is 2.41 bits per heavy atom. The molecule has 2 nitrogen and oxygen atoms in total. The molecule has 0 bridgehead atoms.